The van der Waals surface area contributed by atoms with Crippen molar-refractivity contribution in [3.63, 3.8) is 0 Å². The van der Waals surface area contributed by atoms with E-state index < -0.39 is 0 Å². The number of benzene rings is 2. The number of nitrogens with zero attached hydrogens (tertiary/aromatic N) is 4. The standard InChI is InChI=1S/C17H13N5/c18-16-20-17-19-14(12-7-3-1-4-8-12)11-15(22(17)21-16)13-9-5-2-6-10-13/h1-11H,(H2,18,21). The Morgan fingerprint density at radius 1 is 0.773 bits per heavy atom. The molecular weight excluding hydrogens is 274 g/mol. The molecule has 0 fully saturated rings. The average molecular weight is 287 g/mol. The SMILES string of the molecule is Nc1nc2nc(-c3ccccc3)cc(-c3ccccc3)n2n1. The quantitative estimate of drug-likeness (QED) is 0.615. The molecule has 0 saturated heterocycles. The monoisotopic (exact) mass is 287 g/mol. The van der Waals surface area contributed by atoms with Crippen LogP contribution in [0.15, 0.2) is 66.7 Å². The lowest BCUT2D eigenvalue weighted by atomic mass is 10.1. The summed E-state index contributed by atoms with van der Waals surface area (Å²) in [4.78, 5) is 8.77. The van der Waals surface area contributed by atoms with E-state index in [4.69, 9.17) is 5.73 Å². The third-order valence-electron chi connectivity index (χ3n) is 3.47. The van der Waals surface area contributed by atoms with Gasteiger partial charge in [0.15, 0.2) is 0 Å². The fourth-order valence-corrected chi connectivity index (χ4v) is 2.46. The molecule has 0 amide bonds. The molecule has 0 spiro atoms. The fraction of sp³-hybridized carbons (Fsp3) is 0. The molecule has 0 radical (unpaired) electrons. The van der Waals surface area contributed by atoms with E-state index in [1.54, 1.807) is 4.52 Å². The molecular formula is C17H13N5. The highest BCUT2D eigenvalue weighted by molar-refractivity contribution is 5.70. The summed E-state index contributed by atoms with van der Waals surface area (Å²) >= 11 is 0. The summed E-state index contributed by atoms with van der Waals surface area (Å²) in [5, 5.41) is 4.25. The summed E-state index contributed by atoms with van der Waals surface area (Å²) in [6.45, 7) is 0. The van der Waals surface area contributed by atoms with Crippen molar-refractivity contribution in [3.8, 4) is 22.5 Å². The van der Waals surface area contributed by atoms with Gasteiger partial charge in [0.25, 0.3) is 5.78 Å². The lowest BCUT2D eigenvalue weighted by molar-refractivity contribution is 0.954. The van der Waals surface area contributed by atoms with E-state index in [0.717, 1.165) is 22.5 Å². The zero-order valence-electron chi connectivity index (χ0n) is 11.7. The maximum Gasteiger partial charge on any atom is 0.255 e. The van der Waals surface area contributed by atoms with Crippen molar-refractivity contribution in [1.82, 2.24) is 19.6 Å². The van der Waals surface area contributed by atoms with E-state index >= 15 is 0 Å². The van der Waals surface area contributed by atoms with E-state index in [1.165, 1.54) is 0 Å². The Hall–Kier alpha value is -3.21. The van der Waals surface area contributed by atoms with Gasteiger partial charge in [-0.05, 0) is 6.07 Å². The molecule has 0 bridgehead atoms. The first-order valence-electron chi connectivity index (χ1n) is 6.95. The molecule has 2 N–H and O–H groups in total. The van der Waals surface area contributed by atoms with Crippen LogP contribution in [0.2, 0.25) is 0 Å². The number of rotatable bonds is 2. The van der Waals surface area contributed by atoms with Crippen LogP contribution in [0.4, 0.5) is 5.95 Å². The molecule has 2 aromatic carbocycles. The van der Waals surface area contributed by atoms with E-state index in [-0.39, 0.29) is 5.95 Å². The highest BCUT2D eigenvalue weighted by Crippen LogP contribution is 2.25. The summed E-state index contributed by atoms with van der Waals surface area (Å²) < 4.78 is 1.68. The van der Waals surface area contributed by atoms with Crippen molar-refractivity contribution in [3.05, 3.63) is 66.7 Å². The second kappa shape index (κ2) is 4.96. The topological polar surface area (TPSA) is 69.1 Å². The van der Waals surface area contributed by atoms with E-state index in [2.05, 4.69) is 15.1 Å². The highest BCUT2D eigenvalue weighted by Gasteiger charge is 2.12. The Balaban J connectivity index is 2.02. The van der Waals surface area contributed by atoms with Gasteiger partial charge in [0.05, 0.1) is 11.4 Å². The Bertz CT molecular complexity index is 929. The predicted molar refractivity (Wildman–Crippen MR) is 86.1 cm³/mol. The minimum absolute atomic E-state index is 0.217. The lowest BCUT2D eigenvalue weighted by Crippen LogP contribution is -1.99. The molecule has 2 aromatic heterocycles. The van der Waals surface area contributed by atoms with Gasteiger partial charge in [0, 0.05) is 11.1 Å². The molecule has 0 aliphatic heterocycles. The number of nitrogen functional groups attached to an aromatic ring is 1. The fourth-order valence-electron chi connectivity index (χ4n) is 2.46. The molecule has 106 valence electrons. The zero-order chi connectivity index (χ0) is 14.9. The second-order valence-corrected chi connectivity index (χ2v) is 4.94. The lowest BCUT2D eigenvalue weighted by Gasteiger charge is -2.07. The molecule has 5 heteroatoms. The summed E-state index contributed by atoms with van der Waals surface area (Å²) in [7, 11) is 0. The summed E-state index contributed by atoms with van der Waals surface area (Å²) in [6.07, 6.45) is 0. The molecule has 5 nitrogen and oxygen atoms in total. The molecule has 4 rings (SSSR count). The van der Waals surface area contributed by atoms with Gasteiger partial charge in [-0.3, -0.25) is 0 Å². The average Bonchev–Trinajstić information content (AvgIpc) is 2.95. The van der Waals surface area contributed by atoms with Crippen LogP contribution in [0.1, 0.15) is 0 Å². The van der Waals surface area contributed by atoms with Crippen molar-refractivity contribution in [2.75, 3.05) is 5.73 Å². The van der Waals surface area contributed by atoms with Crippen LogP contribution in [0.25, 0.3) is 28.3 Å². The third-order valence-corrected chi connectivity index (χ3v) is 3.47. The summed E-state index contributed by atoms with van der Waals surface area (Å²) in [6, 6.07) is 22.0. The molecule has 2 heterocycles. The van der Waals surface area contributed by atoms with E-state index in [1.807, 2.05) is 66.7 Å². The van der Waals surface area contributed by atoms with Gasteiger partial charge in [-0.25, -0.2) is 4.98 Å². The van der Waals surface area contributed by atoms with Gasteiger partial charge in [-0.1, -0.05) is 60.7 Å². The first-order chi connectivity index (χ1) is 10.8. The number of fused-ring (bicyclic) bond motifs is 1. The first-order valence-corrected chi connectivity index (χ1v) is 6.95. The van der Waals surface area contributed by atoms with Crippen LogP contribution >= 0.6 is 0 Å². The maximum absolute atomic E-state index is 5.74. The number of anilines is 1. The zero-order valence-corrected chi connectivity index (χ0v) is 11.7. The van der Waals surface area contributed by atoms with Crippen molar-refractivity contribution < 1.29 is 0 Å². The van der Waals surface area contributed by atoms with Gasteiger partial charge in [0.1, 0.15) is 0 Å². The van der Waals surface area contributed by atoms with Crippen LogP contribution in [0, 0.1) is 0 Å². The van der Waals surface area contributed by atoms with Crippen molar-refractivity contribution >= 4 is 11.7 Å². The molecule has 22 heavy (non-hydrogen) atoms. The number of hydrogen-bond acceptors (Lipinski definition) is 4. The van der Waals surface area contributed by atoms with Gasteiger partial charge in [-0.2, -0.15) is 9.50 Å². The van der Waals surface area contributed by atoms with Crippen LogP contribution < -0.4 is 5.73 Å². The summed E-state index contributed by atoms with van der Waals surface area (Å²) in [5.41, 5.74) is 9.57. The number of nitrogens with two attached hydrogens (primary N) is 1. The smallest absolute Gasteiger partial charge is 0.255 e. The number of hydrogen-bond donors (Lipinski definition) is 1. The minimum Gasteiger partial charge on any atom is -0.366 e. The van der Waals surface area contributed by atoms with Crippen LogP contribution in [-0.2, 0) is 0 Å². The van der Waals surface area contributed by atoms with Crippen molar-refractivity contribution in [2.24, 2.45) is 0 Å². The predicted octanol–water partition coefficient (Wildman–Crippen LogP) is 3.04. The Morgan fingerprint density at radius 3 is 2.09 bits per heavy atom. The normalized spacial score (nSPS) is 10.9. The molecule has 0 aliphatic carbocycles. The van der Waals surface area contributed by atoms with Crippen LogP contribution in [0.5, 0.6) is 0 Å². The highest BCUT2D eigenvalue weighted by atomic mass is 15.4. The van der Waals surface area contributed by atoms with Gasteiger partial charge >= 0.3 is 0 Å². The molecule has 0 atom stereocenters. The summed E-state index contributed by atoms with van der Waals surface area (Å²) in [5.74, 6) is 0.715. The van der Waals surface area contributed by atoms with Crippen molar-refractivity contribution in [1.29, 1.82) is 0 Å². The number of aromatic nitrogens is 4. The first kappa shape index (κ1) is 12.5. The van der Waals surface area contributed by atoms with Crippen LogP contribution in [0.3, 0.4) is 0 Å². The Labute approximate surface area is 127 Å². The minimum atomic E-state index is 0.217. The van der Waals surface area contributed by atoms with E-state index in [9.17, 15) is 0 Å². The Kier molecular flexibility index (Phi) is 2.83. The Morgan fingerprint density at radius 2 is 1.41 bits per heavy atom. The van der Waals surface area contributed by atoms with Gasteiger partial charge in [-0.15, -0.1) is 5.10 Å². The molecule has 0 aliphatic rings. The second-order valence-electron chi connectivity index (χ2n) is 4.94. The van der Waals surface area contributed by atoms with Crippen LogP contribution in [-0.4, -0.2) is 19.6 Å². The van der Waals surface area contributed by atoms with Crippen molar-refractivity contribution in [2.45, 2.75) is 0 Å². The molecule has 0 unspecified atom stereocenters. The van der Waals surface area contributed by atoms with Gasteiger partial charge in [0.2, 0.25) is 5.95 Å². The largest absolute Gasteiger partial charge is 0.366 e. The van der Waals surface area contributed by atoms with E-state index in [0.29, 0.717) is 5.78 Å². The molecule has 4 aromatic rings. The third kappa shape index (κ3) is 2.09. The van der Waals surface area contributed by atoms with Gasteiger partial charge < -0.3 is 5.73 Å². The molecule has 0 saturated carbocycles. The maximum atomic E-state index is 5.74.